The lowest BCUT2D eigenvalue weighted by Gasteiger charge is -2.33. The summed E-state index contributed by atoms with van der Waals surface area (Å²) in [6.45, 7) is 7.94. The fourth-order valence-corrected chi connectivity index (χ4v) is 2.86. The molecule has 1 saturated heterocycles. The predicted molar refractivity (Wildman–Crippen MR) is 89.7 cm³/mol. The first kappa shape index (κ1) is 16.9. The minimum Gasteiger partial charge on any atom is -0.493 e. The van der Waals surface area contributed by atoms with Crippen LogP contribution < -0.4 is 4.74 Å². The largest absolute Gasteiger partial charge is 0.493 e. The molecule has 7 nitrogen and oxygen atoms in total. The van der Waals surface area contributed by atoms with E-state index in [1.54, 1.807) is 0 Å². The standard InChI is InChI=1S/C17H24N4O3/c1-2-23-15-6-4-3-5-14(15)17-18-16(24-19-17)13-21-9-7-20(8-10-21)11-12-22/h3-6,22H,2,7-13H2,1H3. The Morgan fingerprint density at radius 2 is 1.92 bits per heavy atom. The zero-order valence-corrected chi connectivity index (χ0v) is 14.0. The summed E-state index contributed by atoms with van der Waals surface area (Å²) in [4.78, 5) is 9.07. The van der Waals surface area contributed by atoms with Crippen LogP contribution in [0.2, 0.25) is 0 Å². The monoisotopic (exact) mass is 332 g/mol. The Morgan fingerprint density at radius 3 is 2.67 bits per heavy atom. The Balaban J connectivity index is 1.62. The molecule has 2 aromatic rings. The fraction of sp³-hybridized carbons (Fsp3) is 0.529. The molecule has 0 aliphatic carbocycles. The number of nitrogens with zero attached hydrogens (tertiary/aromatic N) is 4. The third kappa shape index (κ3) is 4.11. The highest BCUT2D eigenvalue weighted by Gasteiger charge is 2.19. The zero-order valence-electron chi connectivity index (χ0n) is 14.0. The SMILES string of the molecule is CCOc1ccccc1-c1noc(CN2CCN(CCO)CC2)n1. The van der Waals surface area contributed by atoms with Gasteiger partial charge in [0.2, 0.25) is 11.7 Å². The van der Waals surface area contributed by atoms with E-state index in [4.69, 9.17) is 14.4 Å². The van der Waals surface area contributed by atoms with E-state index in [1.165, 1.54) is 0 Å². The third-order valence-corrected chi connectivity index (χ3v) is 4.14. The van der Waals surface area contributed by atoms with E-state index in [9.17, 15) is 0 Å². The number of rotatable bonds is 7. The smallest absolute Gasteiger partial charge is 0.241 e. The number of benzene rings is 1. The number of ether oxygens (including phenoxy) is 1. The van der Waals surface area contributed by atoms with Gasteiger partial charge >= 0.3 is 0 Å². The normalized spacial score (nSPS) is 16.4. The maximum atomic E-state index is 8.99. The van der Waals surface area contributed by atoms with E-state index in [-0.39, 0.29) is 6.61 Å². The van der Waals surface area contributed by atoms with Crippen LogP contribution in [-0.4, -0.2) is 71.0 Å². The predicted octanol–water partition coefficient (Wildman–Crippen LogP) is 1.25. The maximum absolute atomic E-state index is 8.99. The summed E-state index contributed by atoms with van der Waals surface area (Å²) in [5.41, 5.74) is 0.849. The van der Waals surface area contributed by atoms with Crippen LogP contribution >= 0.6 is 0 Å². The van der Waals surface area contributed by atoms with Gasteiger partial charge < -0.3 is 14.4 Å². The molecule has 0 saturated carbocycles. The van der Waals surface area contributed by atoms with Crippen LogP contribution in [0.3, 0.4) is 0 Å². The molecule has 0 amide bonds. The summed E-state index contributed by atoms with van der Waals surface area (Å²) >= 11 is 0. The average molecular weight is 332 g/mol. The van der Waals surface area contributed by atoms with E-state index in [2.05, 4.69) is 19.9 Å². The molecule has 7 heteroatoms. The molecule has 0 unspecified atom stereocenters. The van der Waals surface area contributed by atoms with Crippen LogP contribution in [0.15, 0.2) is 28.8 Å². The minimum absolute atomic E-state index is 0.215. The molecule has 1 aliphatic heterocycles. The minimum atomic E-state index is 0.215. The Morgan fingerprint density at radius 1 is 1.17 bits per heavy atom. The molecule has 3 rings (SSSR count). The van der Waals surface area contributed by atoms with Crippen LogP contribution in [-0.2, 0) is 6.54 Å². The number of piperazine rings is 1. The molecule has 1 fully saturated rings. The molecular weight excluding hydrogens is 308 g/mol. The average Bonchev–Trinajstić information content (AvgIpc) is 3.06. The number of hydrogen-bond donors (Lipinski definition) is 1. The molecule has 0 atom stereocenters. The number of aromatic nitrogens is 2. The molecule has 2 heterocycles. The lowest BCUT2D eigenvalue weighted by atomic mass is 10.2. The van der Waals surface area contributed by atoms with Crippen molar-refractivity contribution in [2.24, 2.45) is 0 Å². The van der Waals surface area contributed by atoms with Gasteiger partial charge in [-0.1, -0.05) is 17.3 Å². The van der Waals surface area contributed by atoms with E-state index >= 15 is 0 Å². The molecule has 0 bridgehead atoms. The fourth-order valence-electron chi connectivity index (χ4n) is 2.86. The van der Waals surface area contributed by atoms with Crippen LogP contribution in [0.1, 0.15) is 12.8 Å². The first-order chi connectivity index (χ1) is 11.8. The van der Waals surface area contributed by atoms with Gasteiger partial charge in [-0.15, -0.1) is 0 Å². The van der Waals surface area contributed by atoms with Crippen molar-refractivity contribution in [3.05, 3.63) is 30.2 Å². The highest BCUT2D eigenvalue weighted by atomic mass is 16.5. The van der Waals surface area contributed by atoms with Crippen molar-refractivity contribution in [3.8, 4) is 17.1 Å². The molecule has 0 spiro atoms. The molecule has 1 aliphatic rings. The van der Waals surface area contributed by atoms with E-state index in [0.29, 0.717) is 24.9 Å². The van der Waals surface area contributed by atoms with Crippen molar-refractivity contribution < 1.29 is 14.4 Å². The summed E-state index contributed by atoms with van der Waals surface area (Å²) in [7, 11) is 0. The summed E-state index contributed by atoms with van der Waals surface area (Å²) in [5, 5.41) is 13.1. The Hall–Kier alpha value is -1.96. The second-order valence-corrected chi connectivity index (χ2v) is 5.78. The summed E-state index contributed by atoms with van der Waals surface area (Å²) < 4.78 is 11.0. The highest BCUT2D eigenvalue weighted by molar-refractivity contribution is 5.63. The molecule has 1 aromatic carbocycles. The maximum Gasteiger partial charge on any atom is 0.241 e. The van der Waals surface area contributed by atoms with Gasteiger partial charge in [0.25, 0.3) is 0 Å². The summed E-state index contributed by atoms with van der Waals surface area (Å²) in [5.74, 6) is 1.95. The second kappa shape index (κ2) is 8.23. The van der Waals surface area contributed by atoms with Gasteiger partial charge in [0.05, 0.1) is 25.3 Å². The van der Waals surface area contributed by atoms with Crippen molar-refractivity contribution in [1.29, 1.82) is 0 Å². The Bertz CT molecular complexity index is 638. The Kier molecular flexibility index (Phi) is 5.79. The number of para-hydroxylation sites is 1. The van der Waals surface area contributed by atoms with Crippen LogP contribution in [0.25, 0.3) is 11.4 Å². The topological polar surface area (TPSA) is 74.9 Å². The van der Waals surface area contributed by atoms with Gasteiger partial charge in [0, 0.05) is 32.7 Å². The van der Waals surface area contributed by atoms with Gasteiger partial charge in [-0.25, -0.2) is 0 Å². The summed E-state index contributed by atoms with van der Waals surface area (Å²) in [6, 6.07) is 7.72. The van der Waals surface area contributed by atoms with Crippen molar-refractivity contribution in [2.45, 2.75) is 13.5 Å². The molecule has 0 radical (unpaired) electrons. The van der Waals surface area contributed by atoms with Crippen molar-refractivity contribution in [3.63, 3.8) is 0 Å². The van der Waals surface area contributed by atoms with Crippen molar-refractivity contribution >= 4 is 0 Å². The first-order valence-electron chi connectivity index (χ1n) is 8.40. The number of aliphatic hydroxyl groups is 1. The molecule has 130 valence electrons. The lowest BCUT2D eigenvalue weighted by Crippen LogP contribution is -2.46. The zero-order chi connectivity index (χ0) is 16.8. The molecular formula is C17H24N4O3. The van der Waals surface area contributed by atoms with E-state index < -0.39 is 0 Å². The number of aliphatic hydroxyl groups excluding tert-OH is 1. The van der Waals surface area contributed by atoms with E-state index in [1.807, 2.05) is 31.2 Å². The van der Waals surface area contributed by atoms with Crippen LogP contribution in [0.5, 0.6) is 5.75 Å². The van der Waals surface area contributed by atoms with Crippen molar-refractivity contribution in [1.82, 2.24) is 19.9 Å². The van der Waals surface area contributed by atoms with Gasteiger partial charge in [-0.3, -0.25) is 9.80 Å². The lowest BCUT2D eigenvalue weighted by molar-refractivity contribution is 0.101. The molecule has 24 heavy (non-hydrogen) atoms. The molecule has 1 N–H and O–H groups in total. The number of β-amino-alcohol motifs (C(OH)–C–C–N with tert-alkyl or cyclic N) is 1. The summed E-state index contributed by atoms with van der Waals surface area (Å²) in [6.07, 6.45) is 0. The second-order valence-electron chi connectivity index (χ2n) is 5.78. The van der Waals surface area contributed by atoms with Crippen LogP contribution in [0, 0.1) is 0 Å². The van der Waals surface area contributed by atoms with Gasteiger partial charge in [-0.2, -0.15) is 4.98 Å². The van der Waals surface area contributed by atoms with Crippen LogP contribution in [0.4, 0.5) is 0 Å². The molecule has 1 aromatic heterocycles. The van der Waals surface area contributed by atoms with Crippen molar-refractivity contribution in [2.75, 3.05) is 45.9 Å². The quantitative estimate of drug-likeness (QED) is 0.818. The van der Waals surface area contributed by atoms with Gasteiger partial charge in [-0.05, 0) is 19.1 Å². The first-order valence-corrected chi connectivity index (χ1v) is 8.40. The van der Waals surface area contributed by atoms with Gasteiger partial charge in [0.15, 0.2) is 0 Å². The number of hydrogen-bond acceptors (Lipinski definition) is 7. The van der Waals surface area contributed by atoms with Gasteiger partial charge in [0.1, 0.15) is 5.75 Å². The van der Waals surface area contributed by atoms with E-state index in [0.717, 1.165) is 44.0 Å². The Labute approximate surface area is 141 Å². The highest BCUT2D eigenvalue weighted by Crippen LogP contribution is 2.27. The third-order valence-electron chi connectivity index (χ3n) is 4.14.